The number of aliphatic imine (C=N–C) groups is 1. The lowest BCUT2D eigenvalue weighted by Gasteiger charge is -2.29. The van der Waals surface area contributed by atoms with Crippen LogP contribution in [0, 0.1) is 0 Å². The lowest BCUT2D eigenvalue weighted by molar-refractivity contribution is -0.111. The van der Waals surface area contributed by atoms with Crippen molar-refractivity contribution in [2.24, 2.45) is 10.7 Å². The van der Waals surface area contributed by atoms with Gasteiger partial charge in [0.15, 0.2) is 0 Å². The maximum atomic E-state index is 12.8. The average molecular weight is 470 g/mol. The first-order chi connectivity index (χ1) is 17.1. The van der Waals surface area contributed by atoms with E-state index in [0.717, 1.165) is 43.1 Å². The standard InChI is InChI=1S/C29H35N5O/c1-21-28(31-22-8-12-24(13-9-22)33-16-4-2-5-17-33)26(30)20-27(35)29(21)32-23-10-14-25(15-11-23)34-18-6-3-7-19-34/h8-15,20,32H,2-7,16-19,30H2,1H3/b31-28-. The summed E-state index contributed by atoms with van der Waals surface area (Å²) in [4.78, 5) is 22.5. The first-order valence-corrected chi connectivity index (χ1v) is 12.9. The van der Waals surface area contributed by atoms with Crippen molar-refractivity contribution in [3.63, 3.8) is 0 Å². The molecular formula is C29H35N5O. The van der Waals surface area contributed by atoms with E-state index in [0.29, 0.717) is 17.1 Å². The van der Waals surface area contributed by atoms with Crippen LogP contribution in [0.5, 0.6) is 0 Å². The Balaban J connectivity index is 1.34. The summed E-state index contributed by atoms with van der Waals surface area (Å²) in [5.41, 5.74) is 12.7. The molecule has 2 heterocycles. The summed E-state index contributed by atoms with van der Waals surface area (Å²) < 4.78 is 0. The minimum absolute atomic E-state index is 0.125. The molecule has 6 heteroatoms. The van der Waals surface area contributed by atoms with Crippen LogP contribution < -0.4 is 20.9 Å². The number of carbonyl (C=O) groups excluding carboxylic acids is 1. The fraction of sp³-hybridized carbons (Fsp3) is 0.379. The molecule has 0 radical (unpaired) electrons. The molecule has 2 fully saturated rings. The highest BCUT2D eigenvalue weighted by molar-refractivity contribution is 6.25. The van der Waals surface area contributed by atoms with Crippen LogP contribution in [0.2, 0.25) is 0 Å². The monoisotopic (exact) mass is 469 g/mol. The molecule has 2 aliphatic heterocycles. The van der Waals surface area contributed by atoms with E-state index in [9.17, 15) is 4.79 Å². The van der Waals surface area contributed by atoms with E-state index < -0.39 is 0 Å². The van der Waals surface area contributed by atoms with E-state index in [1.165, 1.54) is 56.0 Å². The maximum Gasteiger partial charge on any atom is 0.204 e. The number of carbonyl (C=O) groups is 1. The van der Waals surface area contributed by atoms with Crippen LogP contribution in [-0.4, -0.2) is 37.7 Å². The van der Waals surface area contributed by atoms with Gasteiger partial charge in [0.25, 0.3) is 0 Å². The number of allylic oxidation sites excluding steroid dienone is 2. The van der Waals surface area contributed by atoms with Gasteiger partial charge in [-0.15, -0.1) is 0 Å². The molecule has 5 rings (SSSR count). The van der Waals surface area contributed by atoms with E-state index in [1.807, 2.05) is 31.2 Å². The molecular weight excluding hydrogens is 434 g/mol. The predicted octanol–water partition coefficient (Wildman–Crippen LogP) is 5.55. The van der Waals surface area contributed by atoms with E-state index in [2.05, 4.69) is 39.4 Å². The largest absolute Gasteiger partial charge is 0.397 e. The molecule has 0 spiro atoms. The molecule has 0 amide bonds. The Labute approximate surface area is 208 Å². The molecule has 0 unspecified atom stereocenters. The van der Waals surface area contributed by atoms with Gasteiger partial charge in [0.1, 0.15) is 0 Å². The van der Waals surface area contributed by atoms with Crippen molar-refractivity contribution in [2.45, 2.75) is 45.4 Å². The summed E-state index contributed by atoms with van der Waals surface area (Å²) in [6.07, 6.45) is 9.10. The second-order valence-electron chi connectivity index (χ2n) is 9.71. The smallest absolute Gasteiger partial charge is 0.204 e. The molecule has 0 saturated carbocycles. The second-order valence-corrected chi connectivity index (χ2v) is 9.71. The van der Waals surface area contributed by atoms with Gasteiger partial charge in [0, 0.05) is 54.9 Å². The molecule has 2 aromatic carbocycles. The van der Waals surface area contributed by atoms with Crippen molar-refractivity contribution >= 4 is 34.2 Å². The van der Waals surface area contributed by atoms with E-state index in [1.54, 1.807) is 0 Å². The SMILES string of the molecule is CC1=C(Nc2ccc(N3CCCCC3)cc2)C(=O)C=C(N)/C1=N\c1ccc(N2CCCCC2)cc1. The van der Waals surface area contributed by atoms with Crippen LogP contribution in [0.25, 0.3) is 0 Å². The molecule has 2 aromatic rings. The number of rotatable bonds is 5. The summed E-state index contributed by atoms with van der Waals surface area (Å²) in [5, 5.41) is 3.32. The number of nitrogens with one attached hydrogen (secondary N) is 1. The van der Waals surface area contributed by atoms with Gasteiger partial charge >= 0.3 is 0 Å². The van der Waals surface area contributed by atoms with Gasteiger partial charge in [-0.1, -0.05) is 0 Å². The number of nitrogens with two attached hydrogens (primary N) is 1. The van der Waals surface area contributed by atoms with Gasteiger partial charge in [-0.2, -0.15) is 0 Å². The molecule has 6 nitrogen and oxygen atoms in total. The van der Waals surface area contributed by atoms with Crippen molar-refractivity contribution in [3.8, 4) is 0 Å². The Hall–Kier alpha value is -3.54. The lowest BCUT2D eigenvalue weighted by Crippen LogP contribution is -2.29. The molecule has 2 saturated heterocycles. The number of ketones is 1. The zero-order chi connectivity index (χ0) is 24.2. The van der Waals surface area contributed by atoms with E-state index >= 15 is 0 Å². The van der Waals surface area contributed by atoms with Crippen LogP contribution in [0.4, 0.5) is 22.7 Å². The fourth-order valence-electron chi connectivity index (χ4n) is 5.18. The van der Waals surface area contributed by atoms with Crippen LogP contribution in [0.3, 0.4) is 0 Å². The summed E-state index contributed by atoms with van der Waals surface area (Å²) in [6, 6.07) is 16.6. The van der Waals surface area contributed by atoms with Gasteiger partial charge in [-0.3, -0.25) is 4.79 Å². The van der Waals surface area contributed by atoms with Gasteiger partial charge < -0.3 is 20.9 Å². The highest BCUT2D eigenvalue weighted by Crippen LogP contribution is 2.27. The number of nitrogens with zero attached hydrogens (tertiary/aromatic N) is 3. The minimum atomic E-state index is -0.125. The summed E-state index contributed by atoms with van der Waals surface area (Å²) in [6.45, 7) is 6.35. The third-order valence-corrected chi connectivity index (χ3v) is 7.21. The normalized spacial score (nSPS) is 20.3. The van der Waals surface area contributed by atoms with Crippen molar-refractivity contribution in [3.05, 3.63) is 71.6 Å². The van der Waals surface area contributed by atoms with Gasteiger partial charge in [-0.25, -0.2) is 4.99 Å². The molecule has 3 N–H and O–H groups in total. The average Bonchev–Trinajstić information content (AvgIpc) is 2.91. The van der Waals surface area contributed by atoms with Crippen LogP contribution in [0.1, 0.15) is 45.4 Å². The molecule has 35 heavy (non-hydrogen) atoms. The number of piperidine rings is 2. The summed E-state index contributed by atoms with van der Waals surface area (Å²) in [7, 11) is 0. The van der Waals surface area contributed by atoms with Crippen molar-refractivity contribution in [1.82, 2.24) is 0 Å². The van der Waals surface area contributed by atoms with Crippen molar-refractivity contribution in [1.29, 1.82) is 0 Å². The second kappa shape index (κ2) is 10.4. The quantitative estimate of drug-likeness (QED) is 0.562. The Morgan fingerprint density at radius 2 is 1.29 bits per heavy atom. The molecule has 0 atom stereocenters. The third-order valence-electron chi connectivity index (χ3n) is 7.21. The molecule has 3 aliphatic rings. The van der Waals surface area contributed by atoms with Gasteiger partial charge in [0.2, 0.25) is 5.78 Å². The van der Waals surface area contributed by atoms with Crippen molar-refractivity contribution in [2.75, 3.05) is 41.3 Å². The Morgan fingerprint density at radius 3 is 1.83 bits per heavy atom. The zero-order valence-electron chi connectivity index (χ0n) is 20.6. The Bertz CT molecular complexity index is 1150. The molecule has 182 valence electrons. The Morgan fingerprint density at radius 1 is 0.771 bits per heavy atom. The number of hydrogen-bond acceptors (Lipinski definition) is 6. The predicted molar refractivity (Wildman–Crippen MR) is 146 cm³/mol. The van der Waals surface area contributed by atoms with Gasteiger partial charge in [-0.05, 0) is 94.0 Å². The zero-order valence-corrected chi connectivity index (χ0v) is 20.6. The lowest BCUT2D eigenvalue weighted by atomic mass is 9.97. The van der Waals surface area contributed by atoms with Crippen molar-refractivity contribution < 1.29 is 4.79 Å². The van der Waals surface area contributed by atoms with E-state index in [4.69, 9.17) is 10.7 Å². The molecule has 0 aromatic heterocycles. The first kappa shape index (κ1) is 23.2. The van der Waals surface area contributed by atoms with E-state index in [-0.39, 0.29) is 5.78 Å². The van der Waals surface area contributed by atoms with Gasteiger partial charge in [0.05, 0.1) is 22.8 Å². The number of hydrogen-bond donors (Lipinski definition) is 2. The third kappa shape index (κ3) is 5.26. The fourth-order valence-corrected chi connectivity index (χ4v) is 5.18. The highest BCUT2D eigenvalue weighted by atomic mass is 16.1. The molecule has 0 bridgehead atoms. The van der Waals surface area contributed by atoms with Crippen LogP contribution in [-0.2, 0) is 4.79 Å². The number of benzene rings is 2. The topological polar surface area (TPSA) is 74.0 Å². The summed E-state index contributed by atoms with van der Waals surface area (Å²) in [5.74, 6) is -0.125. The minimum Gasteiger partial charge on any atom is -0.397 e. The number of anilines is 3. The summed E-state index contributed by atoms with van der Waals surface area (Å²) >= 11 is 0. The maximum absolute atomic E-state index is 12.8. The highest BCUT2D eigenvalue weighted by Gasteiger charge is 2.23. The van der Waals surface area contributed by atoms with Crippen LogP contribution >= 0.6 is 0 Å². The Kier molecular flexibility index (Phi) is 6.89. The molecule has 1 aliphatic carbocycles. The first-order valence-electron chi connectivity index (χ1n) is 12.9. The van der Waals surface area contributed by atoms with Crippen LogP contribution in [0.15, 0.2) is 76.6 Å².